The van der Waals surface area contributed by atoms with Gasteiger partial charge in [0.25, 0.3) is 0 Å². The van der Waals surface area contributed by atoms with Gasteiger partial charge in [-0.3, -0.25) is 0 Å². The molecule has 0 saturated carbocycles. The Labute approximate surface area is 541 Å². The average Bonchev–Trinajstić information content (AvgIpc) is 1.48. The first kappa shape index (κ1) is 57.0. The van der Waals surface area contributed by atoms with Gasteiger partial charge in [0.15, 0.2) is 0 Å². The molecule has 0 bridgehead atoms. The molecule has 446 valence electrons. The van der Waals surface area contributed by atoms with Gasteiger partial charge < -0.3 is 18.5 Å². The van der Waals surface area contributed by atoms with Crippen molar-refractivity contribution in [2.24, 2.45) is 1.36 Å². The van der Waals surface area contributed by atoms with Gasteiger partial charge in [0.2, 0.25) is 13.4 Å². The number of fused-ring (bicyclic) bond motifs is 24. The minimum absolute atomic E-state index is 0. The molecule has 0 unspecified atom stereocenters. The van der Waals surface area contributed by atoms with Crippen LogP contribution in [0.25, 0.3) is 82.5 Å². The van der Waals surface area contributed by atoms with Gasteiger partial charge in [0.05, 0.1) is 11.0 Å². The molecule has 21 rings (SSSR count). The maximum Gasteiger partial charge on any atom is -1.00 e. The van der Waals surface area contributed by atoms with Crippen molar-refractivity contribution in [1.82, 2.24) is 13.7 Å². The second kappa shape index (κ2) is 21.1. The molecule has 0 N–H and O–H groups in total. The molecule has 3 aromatic heterocycles. The van der Waals surface area contributed by atoms with Crippen LogP contribution in [0.15, 0.2) is 238 Å². The van der Waals surface area contributed by atoms with Crippen LogP contribution in [0.3, 0.4) is 0 Å². The molecular weight excluding hydrogens is 1380 g/mol. The molecule has 0 spiro atoms. The molecule has 0 radical (unpaired) electrons. The molecule has 15 aromatic rings. The SMILES string of the molecule is Cc1ccc2c(c1)c1ccc3c4c1n2-c1ccccc1B4c1ccccc1C3.Cc1ccc2c3ccc4c5c3n(c2c1)-c1ccccc1B5c1ccccc1C4.FI(F)N=I(F)(F)c1cccc2c1c1ccc3c4c1n2-c1ccccc1B4c1ccccc1C3.[F-].[F-]. The molecule has 0 fully saturated rings. The molecule has 6 aliphatic heterocycles. The van der Waals surface area contributed by atoms with E-state index in [1.165, 1.54) is 144 Å². The molecule has 9 heterocycles. The van der Waals surface area contributed by atoms with E-state index in [-0.39, 0.29) is 19.7 Å². The average molecular weight is 1430 g/mol. The second-order valence-corrected chi connectivity index (χ2v) is 32.4. The number of halogens is 8. The van der Waals surface area contributed by atoms with Crippen molar-refractivity contribution < 1.29 is 20.8 Å². The Morgan fingerprint density at radius 1 is 0.359 bits per heavy atom. The maximum absolute atomic E-state index is 15.2. The Morgan fingerprint density at radius 3 is 1.25 bits per heavy atom. The summed E-state index contributed by atoms with van der Waals surface area (Å²) in [6, 6.07) is 84.3. The molecule has 0 atom stereocenters. The van der Waals surface area contributed by atoms with Crippen molar-refractivity contribution in [1.29, 1.82) is 0 Å². The van der Waals surface area contributed by atoms with Crippen LogP contribution in [0, 0.1) is 17.4 Å². The van der Waals surface area contributed by atoms with Crippen LogP contribution in [0.4, 0.5) is 11.4 Å². The van der Waals surface area contributed by atoms with Crippen LogP contribution in [0.1, 0.15) is 44.5 Å². The van der Waals surface area contributed by atoms with Crippen LogP contribution < -0.4 is 58.6 Å². The van der Waals surface area contributed by atoms with E-state index < -0.39 is 40.6 Å². The van der Waals surface area contributed by atoms with Gasteiger partial charge in [0.1, 0.15) is 0 Å². The number of nitrogens with zero attached hydrogens (tertiary/aromatic N) is 4. The van der Waals surface area contributed by atoms with E-state index in [4.69, 9.17) is 0 Å². The summed E-state index contributed by atoms with van der Waals surface area (Å²) in [5, 5.41) is 6.56. The predicted molar refractivity (Wildman–Crippen MR) is 387 cm³/mol. The van der Waals surface area contributed by atoms with Crippen molar-refractivity contribution >= 4 is 175 Å². The topological polar surface area (TPSA) is 27.1 Å². The van der Waals surface area contributed by atoms with Crippen LogP contribution in [0.5, 0.6) is 0 Å². The third kappa shape index (κ3) is 7.99. The molecule has 6 aliphatic rings. The van der Waals surface area contributed by atoms with Gasteiger partial charge in [0, 0.05) is 44.0 Å². The van der Waals surface area contributed by atoms with Crippen molar-refractivity contribution in [3.05, 3.63) is 285 Å². The van der Waals surface area contributed by atoms with E-state index in [1.807, 2.05) is 48.5 Å². The first-order valence-electron chi connectivity index (χ1n) is 30.7. The summed E-state index contributed by atoms with van der Waals surface area (Å²) in [6.45, 7) is 5.04. The smallest absolute Gasteiger partial charge is 1.00 e. The molecule has 4 nitrogen and oxygen atoms in total. The number of benzene rings is 12. The molecule has 0 aliphatic carbocycles. The largest absolute Gasteiger partial charge is 1.00 e. The third-order valence-electron chi connectivity index (χ3n) is 20.4. The molecule has 0 saturated heterocycles. The Bertz CT molecular complexity index is 5710. The van der Waals surface area contributed by atoms with Crippen molar-refractivity contribution in [3.8, 4) is 17.1 Å². The van der Waals surface area contributed by atoms with E-state index >= 15 is 5.72 Å². The Morgan fingerprint density at radius 2 is 0.750 bits per heavy atom. The number of rotatable bonds is 2. The normalized spacial score (nSPS) is 13.8. The van der Waals surface area contributed by atoms with Gasteiger partial charge in [-0.2, -0.15) is 0 Å². The van der Waals surface area contributed by atoms with E-state index in [1.54, 1.807) is 6.07 Å². The van der Waals surface area contributed by atoms with Gasteiger partial charge >= 0.3 is 209 Å². The Kier molecular flexibility index (Phi) is 13.0. The Balaban J connectivity index is 0.000000105. The number of hydrogen-bond donors (Lipinski definition) is 0. The monoisotopic (exact) mass is 1430 g/mol. The number of aryl methyl sites for hydroxylation is 2. The zero-order valence-corrected chi connectivity index (χ0v) is 54.0. The summed E-state index contributed by atoms with van der Waals surface area (Å²) >= 11 is -11.1. The van der Waals surface area contributed by atoms with Crippen LogP contribution >= 0.6 is 40.6 Å². The molecule has 0 amide bonds. The van der Waals surface area contributed by atoms with Gasteiger partial charge in [-0.15, -0.1) is 0 Å². The molecule has 15 heteroatoms. The number of hydrogen-bond acceptors (Lipinski definition) is 1. The Hall–Kier alpha value is -8.93. The maximum atomic E-state index is 15.2. The quantitative estimate of drug-likeness (QED) is 0.0945. The minimum Gasteiger partial charge on any atom is -1.00 e. The number of aromatic nitrogens is 3. The summed E-state index contributed by atoms with van der Waals surface area (Å²) in [4.78, 5) is 0. The minimum atomic E-state index is -6.17. The first-order valence-corrected chi connectivity index (χ1v) is 37.0. The number of para-hydroxylation sites is 3. The molecule has 12 aromatic carbocycles. The zero-order valence-electron chi connectivity index (χ0n) is 49.7. The summed E-state index contributed by atoms with van der Waals surface area (Å²) < 4.78 is 66.2. The standard InChI is InChI=1S/2C26H18BN.C25H15BF4I2N2.2FH/c1-16-10-13-23-20(14-16)19-12-11-18-15-17-6-2-3-7-21(17)27-22-8-4-5-9-24(22)28(23)26(19)25(18)27;1-16-10-12-19-20-13-11-18-15-17-6-2-3-7-21(17)27-22-8-4-5-9-23(22)28(24(19)14-16)26(20)25(18)27;27-31(28)33-32(29,30)20-9-5-11-22-23(20)17-13-12-16-14-15-6-1-2-7-18(15)26-19-8-3-4-10-21(19)34(22)25(17)24(16)26;;/h2*2-14H,15H2,1H3;1-13H,14H2;2*1H/p-2. The zero-order chi connectivity index (χ0) is 60.0. The second-order valence-electron chi connectivity index (χ2n) is 25.0. The van der Waals surface area contributed by atoms with E-state index in [0.29, 0.717) is 29.7 Å². The van der Waals surface area contributed by atoms with Crippen molar-refractivity contribution in [3.63, 3.8) is 0 Å². The van der Waals surface area contributed by atoms with Crippen molar-refractivity contribution in [2.75, 3.05) is 0 Å². The van der Waals surface area contributed by atoms with Gasteiger partial charge in [-0.25, -0.2) is 0 Å². The van der Waals surface area contributed by atoms with Crippen LogP contribution in [0.2, 0.25) is 0 Å². The van der Waals surface area contributed by atoms with Gasteiger partial charge in [-0.05, 0) is 107 Å². The van der Waals surface area contributed by atoms with Crippen LogP contribution in [-0.4, -0.2) is 33.8 Å². The van der Waals surface area contributed by atoms with Gasteiger partial charge in [-0.1, -0.05) is 144 Å². The van der Waals surface area contributed by atoms with E-state index in [0.717, 1.165) is 41.4 Å². The van der Waals surface area contributed by atoms with Crippen LogP contribution in [-0.2, 0) is 19.3 Å². The molecule has 92 heavy (non-hydrogen) atoms. The third-order valence-corrected chi connectivity index (χ3v) is 28.4. The fourth-order valence-corrected chi connectivity index (χ4v) is 23.0. The van der Waals surface area contributed by atoms with E-state index in [2.05, 4.69) is 205 Å². The predicted octanol–water partition coefficient (Wildman–Crippen LogP) is 8.53. The van der Waals surface area contributed by atoms with Crippen molar-refractivity contribution in [2.45, 2.75) is 33.1 Å². The summed E-state index contributed by atoms with van der Waals surface area (Å²) in [6.07, 6.45) is 2.83. The fourth-order valence-electron chi connectivity index (χ4n) is 17.0. The fraction of sp³-hybridized carbons (Fsp3) is 0.0649. The summed E-state index contributed by atoms with van der Waals surface area (Å²) in [7, 11) is 0. The summed E-state index contributed by atoms with van der Waals surface area (Å²) in [5.41, 5.74) is 33.9. The first-order chi connectivity index (χ1) is 44.1. The molecular formula is C77H51B3F6I2N4-2. The van der Waals surface area contributed by atoms with E-state index in [9.17, 15) is 5.72 Å². The summed E-state index contributed by atoms with van der Waals surface area (Å²) in [5.74, 6) is 0.